The van der Waals surface area contributed by atoms with Crippen molar-refractivity contribution in [2.24, 2.45) is 0 Å². The summed E-state index contributed by atoms with van der Waals surface area (Å²) in [5, 5.41) is 14.2. The van der Waals surface area contributed by atoms with Gasteiger partial charge in [0.25, 0.3) is 0 Å². The molecular weight excluding hydrogens is 284 g/mol. The van der Waals surface area contributed by atoms with E-state index >= 15 is 0 Å². The average molecular weight is 315 g/mol. The fourth-order valence-electron chi connectivity index (χ4n) is 1.52. The fourth-order valence-corrected chi connectivity index (χ4v) is 2.99. The van der Waals surface area contributed by atoms with Crippen LogP contribution in [0.5, 0.6) is 0 Å². The minimum atomic E-state index is -0.451. The molecule has 2 aromatic rings. The first-order valence-corrected chi connectivity index (χ1v) is 9.22. The quantitative estimate of drug-likeness (QED) is 0.663. The molecule has 2 heterocycles. The third-order valence-corrected chi connectivity index (χ3v) is 4.11. The number of aliphatic hydroxyl groups is 1. The summed E-state index contributed by atoms with van der Waals surface area (Å²) in [4.78, 5) is 2.39. The molecule has 0 aliphatic carbocycles. The van der Waals surface area contributed by atoms with Gasteiger partial charge in [0.05, 0.1) is 0 Å². The van der Waals surface area contributed by atoms with Gasteiger partial charge in [0.15, 0.2) is 0 Å². The van der Waals surface area contributed by atoms with Crippen LogP contribution in [-0.4, -0.2) is 5.11 Å². The van der Waals surface area contributed by atoms with E-state index < -0.39 is 6.10 Å². The molecule has 0 atom stereocenters. The zero-order valence-electron chi connectivity index (χ0n) is 14.2. The Morgan fingerprint density at radius 3 is 1.25 bits per heavy atom. The maximum atomic E-state index is 10.1. The third-order valence-electron chi connectivity index (χ3n) is 2.39. The second kappa shape index (κ2) is 13.3. The van der Waals surface area contributed by atoms with E-state index in [1.807, 2.05) is 78.3 Å². The minimum absolute atomic E-state index is 0.451. The Morgan fingerprint density at radius 1 is 0.750 bits per heavy atom. The van der Waals surface area contributed by atoms with Gasteiger partial charge in [-0.1, -0.05) is 41.5 Å². The Kier molecular flexibility index (Phi) is 14.5. The molecule has 0 spiro atoms. The van der Waals surface area contributed by atoms with Crippen molar-refractivity contribution < 1.29 is 5.11 Å². The van der Waals surface area contributed by atoms with Gasteiger partial charge in [0.2, 0.25) is 0 Å². The lowest BCUT2D eigenvalue weighted by Crippen LogP contribution is -1.99. The molecule has 0 aliphatic heterocycles. The van der Waals surface area contributed by atoms with Crippen LogP contribution >= 0.6 is 22.7 Å². The third kappa shape index (κ3) is 6.21. The molecule has 3 heteroatoms. The van der Waals surface area contributed by atoms with E-state index in [4.69, 9.17) is 0 Å². The maximum absolute atomic E-state index is 10.1. The lowest BCUT2D eigenvalue weighted by atomic mass is 10.0. The van der Waals surface area contributed by atoms with Crippen LogP contribution in [0.3, 0.4) is 0 Å². The predicted octanol–water partition coefficient (Wildman–Crippen LogP) is 6.59. The maximum Gasteiger partial charge on any atom is 0.106 e. The molecule has 0 fully saturated rings. The van der Waals surface area contributed by atoms with Crippen molar-refractivity contribution in [2.75, 3.05) is 0 Å². The van der Waals surface area contributed by atoms with Crippen molar-refractivity contribution >= 4 is 22.7 Å². The van der Waals surface area contributed by atoms with Crippen molar-refractivity contribution in [2.45, 2.75) is 61.5 Å². The molecule has 0 bridgehead atoms. The molecule has 2 aromatic heterocycles. The Hall–Kier alpha value is -0.640. The highest BCUT2D eigenvalue weighted by Gasteiger charge is 2.16. The van der Waals surface area contributed by atoms with Gasteiger partial charge in [-0.2, -0.15) is 0 Å². The zero-order valence-corrected chi connectivity index (χ0v) is 15.8. The van der Waals surface area contributed by atoms with Gasteiger partial charge >= 0.3 is 0 Å². The van der Waals surface area contributed by atoms with E-state index in [1.165, 1.54) is 9.75 Å². The Morgan fingerprint density at radius 2 is 1.05 bits per heavy atom. The number of aliphatic hydroxyl groups excluding tert-OH is 1. The van der Waals surface area contributed by atoms with Crippen LogP contribution in [-0.2, 0) is 0 Å². The number of thiophene rings is 2. The van der Waals surface area contributed by atoms with Crippen LogP contribution in [0.15, 0.2) is 22.9 Å². The van der Waals surface area contributed by atoms with E-state index in [1.54, 1.807) is 22.7 Å². The summed E-state index contributed by atoms with van der Waals surface area (Å²) in [5.41, 5.74) is 2.08. The summed E-state index contributed by atoms with van der Waals surface area (Å²) in [5.74, 6) is 0. The van der Waals surface area contributed by atoms with Crippen LogP contribution in [0.25, 0.3) is 0 Å². The summed E-state index contributed by atoms with van der Waals surface area (Å²) in [6.45, 7) is 16.1. The van der Waals surface area contributed by atoms with Crippen molar-refractivity contribution in [1.82, 2.24) is 0 Å². The molecule has 0 aromatic carbocycles. The molecule has 2 rings (SSSR count). The van der Waals surface area contributed by atoms with Gasteiger partial charge in [0, 0.05) is 9.75 Å². The summed E-state index contributed by atoms with van der Waals surface area (Å²) >= 11 is 3.36. The molecule has 0 saturated carbocycles. The standard InChI is InChI=1S/C11H12OS2.3C2H6/c1-7-9(3-5-13-7)11(12)10-4-6-14-8(10)2;3*1-2/h3-6,11-12H,1-2H3;3*1-2H3. The van der Waals surface area contributed by atoms with Crippen LogP contribution < -0.4 is 0 Å². The fraction of sp³-hybridized carbons (Fsp3) is 0.529. The highest BCUT2D eigenvalue weighted by molar-refractivity contribution is 7.10. The topological polar surface area (TPSA) is 20.2 Å². The van der Waals surface area contributed by atoms with Crippen LogP contribution in [0.1, 0.15) is 68.5 Å². The summed E-state index contributed by atoms with van der Waals surface area (Å²) in [6.07, 6.45) is -0.451. The second-order valence-corrected chi connectivity index (χ2v) is 5.51. The van der Waals surface area contributed by atoms with E-state index in [0.717, 1.165) is 11.1 Å². The second-order valence-electron chi connectivity index (χ2n) is 3.27. The van der Waals surface area contributed by atoms with Crippen LogP contribution in [0.4, 0.5) is 0 Å². The van der Waals surface area contributed by atoms with Gasteiger partial charge in [0.1, 0.15) is 6.10 Å². The van der Waals surface area contributed by atoms with Gasteiger partial charge < -0.3 is 5.11 Å². The number of hydrogen-bond acceptors (Lipinski definition) is 3. The highest BCUT2D eigenvalue weighted by Crippen LogP contribution is 2.31. The zero-order chi connectivity index (χ0) is 16.1. The van der Waals surface area contributed by atoms with E-state index in [2.05, 4.69) is 0 Å². The molecular formula is C17H30OS2. The molecule has 0 saturated heterocycles. The van der Waals surface area contributed by atoms with E-state index in [0.29, 0.717) is 0 Å². The van der Waals surface area contributed by atoms with Gasteiger partial charge in [-0.15, -0.1) is 22.7 Å². The van der Waals surface area contributed by atoms with Crippen molar-refractivity contribution in [3.63, 3.8) is 0 Å². The van der Waals surface area contributed by atoms with Gasteiger partial charge in [-0.3, -0.25) is 0 Å². The minimum Gasteiger partial charge on any atom is -0.384 e. The van der Waals surface area contributed by atoms with Crippen LogP contribution in [0, 0.1) is 13.8 Å². The first-order chi connectivity index (χ1) is 9.70. The summed E-state index contributed by atoms with van der Waals surface area (Å²) < 4.78 is 0. The van der Waals surface area contributed by atoms with Crippen LogP contribution in [0.2, 0.25) is 0 Å². The Labute approximate surface area is 133 Å². The first-order valence-electron chi connectivity index (χ1n) is 7.46. The molecule has 0 aliphatic rings. The molecule has 0 radical (unpaired) electrons. The van der Waals surface area contributed by atoms with Gasteiger partial charge in [-0.05, 0) is 47.9 Å². The van der Waals surface area contributed by atoms with Gasteiger partial charge in [-0.25, -0.2) is 0 Å². The molecule has 20 heavy (non-hydrogen) atoms. The van der Waals surface area contributed by atoms with Crippen molar-refractivity contribution in [3.8, 4) is 0 Å². The molecule has 1 N–H and O–H groups in total. The number of aryl methyl sites for hydroxylation is 2. The summed E-state index contributed by atoms with van der Waals surface area (Å²) in [6, 6.07) is 4.00. The highest BCUT2D eigenvalue weighted by atomic mass is 32.1. The van der Waals surface area contributed by atoms with Crippen molar-refractivity contribution in [1.29, 1.82) is 0 Å². The normalized spacial score (nSPS) is 8.70. The Bertz CT molecular complexity index is 389. The largest absolute Gasteiger partial charge is 0.384 e. The molecule has 0 amide bonds. The number of rotatable bonds is 2. The summed E-state index contributed by atoms with van der Waals surface area (Å²) in [7, 11) is 0. The SMILES string of the molecule is CC.CC.CC.Cc1sccc1C(O)c1ccsc1C. The van der Waals surface area contributed by atoms with Crippen molar-refractivity contribution in [3.05, 3.63) is 43.8 Å². The molecule has 116 valence electrons. The van der Waals surface area contributed by atoms with E-state index in [9.17, 15) is 5.11 Å². The Balaban J connectivity index is 0. The molecule has 1 nitrogen and oxygen atoms in total. The first kappa shape index (κ1) is 21.7. The monoisotopic (exact) mass is 314 g/mol. The predicted molar refractivity (Wildman–Crippen MR) is 96.2 cm³/mol. The smallest absolute Gasteiger partial charge is 0.106 e. The molecule has 0 unspecified atom stereocenters. The lowest BCUT2D eigenvalue weighted by Gasteiger charge is -2.09. The lowest BCUT2D eigenvalue weighted by molar-refractivity contribution is 0.220. The van der Waals surface area contributed by atoms with E-state index in [-0.39, 0.29) is 0 Å². The average Bonchev–Trinajstić information content (AvgIpc) is 3.13. The number of hydrogen-bond donors (Lipinski definition) is 1.